The van der Waals surface area contributed by atoms with Crippen molar-refractivity contribution in [3.8, 4) is 0 Å². The van der Waals surface area contributed by atoms with Gasteiger partial charge in [-0.1, -0.05) is 25.0 Å². The summed E-state index contributed by atoms with van der Waals surface area (Å²) in [6.45, 7) is 1.97. The molecule has 0 saturated heterocycles. The van der Waals surface area contributed by atoms with E-state index in [1.165, 1.54) is 48.9 Å². The molecule has 0 amide bonds. The Hall–Kier alpha value is -1.02. The normalized spacial score (nSPS) is 21.9. The minimum atomic E-state index is 0.288. The highest BCUT2D eigenvalue weighted by Crippen LogP contribution is 2.42. The fourth-order valence-electron chi connectivity index (χ4n) is 3.56. The maximum atomic E-state index is 6.06. The summed E-state index contributed by atoms with van der Waals surface area (Å²) in [7, 11) is 2.18. The van der Waals surface area contributed by atoms with E-state index < -0.39 is 0 Å². The van der Waals surface area contributed by atoms with Crippen molar-refractivity contribution < 1.29 is 0 Å². The molecular formula is C15H22N2. The molecule has 1 saturated carbocycles. The molecule has 92 valence electrons. The fraction of sp³-hybridized carbons (Fsp3) is 0.600. The molecule has 0 aromatic heterocycles. The molecule has 2 aliphatic rings. The van der Waals surface area contributed by atoms with Gasteiger partial charge in [0.05, 0.1) is 0 Å². The third kappa shape index (κ3) is 1.66. The lowest BCUT2D eigenvalue weighted by Gasteiger charge is -2.28. The number of nitrogens with two attached hydrogens (primary N) is 1. The van der Waals surface area contributed by atoms with Crippen LogP contribution in [0.4, 0.5) is 5.69 Å². The Morgan fingerprint density at radius 1 is 1.29 bits per heavy atom. The van der Waals surface area contributed by atoms with Crippen molar-refractivity contribution in [2.45, 2.75) is 37.5 Å². The third-order valence-corrected chi connectivity index (χ3v) is 4.77. The Balaban J connectivity index is 1.99. The molecule has 0 radical (unpaired) electrons. The maximum absolute atomic E-state index is 6.06. The number of anilines is 1. The topological polar surface area (TPSA) is 29.3 Å². The number of fused-ring (bicyclic) bond motifs is 1. The molecule has 1 fully saturated rings. The van der Waals surface area contributed by atoms with Crippen LogP contribution in [0.5, 0.6) is 0 Å². The summed E-state index contributed by atoms with van der Waals surface area (Å²) in [5.41, 5.74) is 10.8. The monoisotopic (exact) mass is 230 g/mol. The Kier molecular flexibility index (Phi) is 2.62. The van der Waals surface area contributed by atoms with Gasteiger partial charge in [-0.05, 0) is 36.5 Å². The molecule has 1 aliphatic heterocycles. The molecule has 0 unspecified atom stereocenters. The summed E-state index contributed by atoms with van der Waals surface area (Å²) in [6.07, 6.45) is 6.43. The molecule has 0 atom stereocenters. The van der Waals surface area contributed by atoms with Gasteiger partial charge in [-0.2, -0.15) is 0 Å². The molecule has 0 spiro atoms. The number of likely N-dealkylation sites (N-methyl/N-ethyl adjacent to an activating group) is 1. The minimum Gasteiger partial charge on any atom is -0.374 e. The first kappa shape index (κ1) is 11.1. The van der Waals surface area contributed by atoms with E-state index in [0.717, 1.165) is 13.1 Å². The number of rotatable bonds is 2. The van der Waals surface area contributed by atoms with E-state index in [4.69, 9.17) is 5.73 Å². The molecule has 17 heavy (non-hydrogen) atoms. The Morgan fingerprint density at radius 3 is 2.76 bits per heavy atom. The third-order valence-electron chi connectivity index (χ3n) is 4.77. The van der Waals surface area contributed by atoms with Crippen molar-refractivity contribution in [2.24, 2.45) is 5.73 Å². The number of hydrogen-bond acceptors (Lipinski definition) is 2. The molecular weight excluding hydrogens is 208 g/mol. The lowest BCUT2D eigenvalue weighted by Crippen LogP contribution is -2.32. The summed E-state index contributed by atoms with van der Waals surface area (Å²) in [5.74, 6) is 0. The minimum absolute atomic E-state index is 0.288. The second-order valence-electron chi connectivity index (χ2n) is 5.71. The summed E-state index contributed by atoms with van der Waals surface area (Å²) >= 11 is 0. The van der Waals surface area contributed by atoms with Gasteiger partial charge in [-0.3, -0.25) is 0 Å². The van der Waals surface area contributed by atoms with Gasteiger partial charge in [-0.25, -0.2) is 0 Å². The Labute approximate surface area is 104 Å². The van der Waals surface area contributed by atoms with Crippen LogP contribution in [0, 0.1) is 0 Å². The van der Waals surface area contributed by atoms with Gasteiger partial charge in [0.1, 0.15) is 0 Å². The summed E-state index contributed by atoms with van der Waals surface area (Å²) in [4.78, 5) is 2.35. The van der Waals surface area contributed by atoms with Crippen LogP contribution in [0.1, 0.15) is 36.8 Å². The fourth-order valence-corrected chi connectivity index (χ4v) is 3.56. The number of hydrogen-bond donors (Lipinski definition) is 1. The van der Waals surface area contributed by atoms with Crippen LogP contribution in [0.25, 0.3) is 0 Å². The molecule has 2 nitrogen and oxygen atoms in total. The van der Waals surface area contributed by atoms with Crippen LogP contribution < -0.4 is 10.6 Å². The van der Waals surface area contributed by atoms with Crippen LogP contribution in [-0.2, 0) is 11.8 Å². The predicted molar refractivity (Wildman–Crippen MR) is 72.6 cm³/mol. The molecule has 0 bridgehead atoms. The van der Waals surface area contributed by atoms with Crippen molar-refractivity contribution in [1.82, 2.24) is 0 Å². The first-order valence-electron chi connectivity index (χ1n) is 6.80. The van der Waals surface area contributed by atoms with Crippen LogP contribution >= 0.6 is 0 Å². The highest BCUT2D eigenvalue weighted by molar-refractivity contribution is 5.59. The molecule has 2 heteroatoms. The average molecular weight is 230 g/mol. The van der Waals surface area contributed by atoms with Crippen LogP contribution in [0.15, 0.2) is 18.2 Å². The summed E-state index contributed by atoms with van der Waals surface area (Å²) in [6, 6.07) is 7.04. The van der Waals surface area contributed by atoms with Crippen molar-refractivity contribution in [2.75, 3.05) is 25.0 Å². The zero-order valence-corrected chi connectivity index (χ0v) is 10.7. The van der Waals surface area contributed by atoms with Gasteiger partial charge >= 0.3 is 0 Å². The molecule has 1 aromatic rings. The summed E-state index contributed by atoms with van der Waals surface area (Å²) < 4.78 is 0. The molecule has 1 aliphatic carbocycles. The predicted octanol–water partition coefficient (Wildman–Crippen LogP) is 2.45. The lowest BCUT2D eigenvalue weighted by molar-refractivity contribution is 0.453. The van der Waals surface area contributed by atoms with E-state index in [2.05, 4.69) is 30.1 Å². The highest BCUT2D eigenvalue weighted by Gasteiger charge is 2.34. The molecule has 1 aromatic carbocycles. The zero-order valence-electron chi connectivity index (χ0n) is 10.7. The van der Waals surface area contributed by atoms with E-state index in [-0.39, 0.29) is 5.41 Å². The van der Waals surface area contributed by atoms with Gasteiger partial charge in [0, 0.05) is 31.2 Å². The number of nitrogens with zero attached hydrogens (tertiary/aromatic N) is 1. The number of benzene rings is 1. The highest BCUT2D eigenvalue weighted by atomic mass is 15.1. The van der Waals surface area contributed by atoms with Crippen molar-refractivity contribution in [3.63, 3.8) is 0 Å². The van der Waals surface area contributed by atoms with Crippen LogP contribution in [-0.4, -0.2) is 20.1 Å². The molecule has 2 N–H and O–H groups in total. The largest absolute Gasteiger partial charge is 0.374 e. The Bertz CT molecular complexity index is 419. The second-order valence-corrected chi connectivity index (χ2v) is 5.71. The second kappa shape index (κ2) is 4.02. The van der Waals surface area contributed by atoms with E-state index in [1.807, 2.05) is 0 Å². The maximum Gasteiger partial charge on any atom is 0.0397 e. The molecule has 3 rings (SSSR count). The lowest BCUT2D eigenvalue weighted by atomic mass is 9.78. The van der Waals surface area contributed by atoms with E-state index in [1.54, 1.807) is 0 Å². The zero-order chi connectivity index (χ0) is 11.9. The average Bonchev–Trinajstić information content (AvgIpc) is 2.97. The summed E-state index contributed by atoms with van der Waals surface area (Å²) in [5, 5.41) is 0. The smallest absolute Gasteiger partial charge is 0.0397 e. The van der Waals surface area contributed by atoms with Gasteiger partial charge in [0.2, 0.25) is 0 Å². The van der Waals surface area contributed by atoms with Crippen molar-refractivity contribution >= 4 is 5.69 Å². The van der Waals surface area contributed by atoms with Crippen molar-refractivity contribution in [1.29, 1.82) is 0 Å². The first-order valence-corrected chi connectivity index (χ1v) is 6.80. The van der Waals surface area contributed by atoms with Gasteiger partial charge in [0.15, 0.2) is 0 Å². The quantitative estimate of drug-likeness (QED) is 0.845. The standard InChI is InChI=1S/C15H22N2/c1-17-9-6-12-10-13(4-5-14(12)17)15(11-16)7-2-3-8-15/h4-5,10H,2-3,6-9,11,16H2,1H3. The van der Waals surface area contributed by atoms with E-state index in [9.17, 15) is 0 Å². The molecule has 1 heterocycles. The van der Waals surface area contributed by atoms with Gasteiger partial charge < -0.3 is 10.6 Å². The SMILES string of the molecule is CN1CCc2cc(C3(CN)CCCC3)ccc21. The van der Waals surface area contributed by atoms with Gasteiger partial charge in [-0.15, -0.1) is 0 Å². The van der Waals surface area contributed by atoms with E-state index >= 15 is 0 Å². The van der Waals surface area contributed by atoms with Gasteiger partial charge in [0.25, 0.3) is 0 Å². The first-order chi connectivity index (χ1) is 8.25. The van der Waals surface area contributed by atoms with E-state index in [0.29, 0.717) is 0 Å². The van der Waals surface area contributed by atoms with Crippen LogP contribution in [0.3, 0.4) is 0 Å². The van der Waals surface area contributed by atoms with Crippen LogP contribution in [0.2, 0.25) is 0 Å². The van der Waals surface area contributed by atoms with Crippen molar-refractivity contribution in [3.05, 3.63) is 29.3 Å². The Morgan fingerprint density at radius 2 is 2.06 bits per heavy atom.